The van der Waals surface area contributed by atoms with E-state index in [1.54, 1.807) is 22.5 Å². The van der Waals surface area contributed by atoms with E-state index in [1.807, 2.05) is 18.4 Å². The minimum atomic E-state index is 0.440. The highest BCUT2D eigenvalue weighted by molar-refractivity contribution is 9.10. The summed E-state index contributed by atoms with van der Waals surface area (Å²) < 4.78 is 2.06. The standard InChI is InChI=1S/C11H8BrClN2S.C9H17N/c1-2-3-4-14-8-5-9(13)15-10-7(12)6-16-11(8)10;1-3-8-4-5-9(10)6-7(8)2/h5-6H,4H2,1H3,(H,14,15);9H,3-6,10H2,1-2H3/t;9-/m.1/s1. The molecule has 3 rings (SSSR count). The van der Waals surface area contributed by atoms with Crippen LogP contribution in [0, 0.1) is 11.8 Å². The molecule has 0 bridgehead atoms. The molecule has 0 saturated carbocycles. The molecule has 0 saturated heterocycles. The number of hydrogen-bond donors (Lipinski definition) is 2. The number of halogens is 2. The topological polar surface area (TPSA) is 50.9 Å². The zero-order valence-corrected chi connectivity index (χ0v) is 18.6. The van der Waals surface area contributed by atoms with Gasteiger partial charge in [-0.25, -0.2) is 4.98 Å². The first-order valence-electron chi connectivity index (χ1n) is 8.76. The van der Waals surface area contributed by atoms with Gasteiger partial charge in [-0.3, -0.25) is 0 Å². The number of anilines is 1. The van der Waals surface area contributed by atoms with Crippen LogP contribution in [0.3, 0.4) is 0 Å². The van der Waals surface area contributed by atoms with Gasteiger partial charge in [-0.2, -0.15) is 0 Å². The van der Waals surface area contributed by atoms with E-state index < -0.39 is 0 Å². The summed E-state index contributed by atoms with van der Waals surface area (Å²) in [6, 6.07) is 2.26. The first-order chi connectivity index (χ1) is 12.5. The van der Waals surface area contributed by atoms with Crippen molar-refractivity contribution in [2.75, 3.05) is 11.9 Å². The third-order valence-corrected chi connectivity index (χ3v) is 6.51. The van der Waals surface area contributed by atoms with Gasteiger partial charge in [0.2, 0.25) is 0 Å². The Labute approximate surface area is 173 Å². The van der Waals surface area contributed by atoms with E-state index in [9.17, 15) is 0 Å². The zero-order chi connectivity index (χ0) is 19.1. The molecule has 2 heterocycles. The van der Waals surface area contributed by atoms with Crippen LogP contribution in [0.25, 0.3) is 10.2 Å². The number of hydrogen-bond acceptors (Lipinski definition) is 4. The van der Waals surface area contributed by atoms with Crippen molar-refractivity contribution in [1.29, 1.82) is 0 Å². The van der Waals surface area contributed by atoms with Gasteiger partial charge in [0.15, 0.2) is 0 Å². The highest BCUT2D eigenvalue weighted by Crippen LogP contribution is 2.35. The third-order valence-electron chi connectivity index (χ3n) is 4.41. The summed E-state index contributed by atoms with van der Waals surface area (Å²) >= 11 is 11.0. The molecule has 3 nitrogen and oxygen atoms in total. The molecule has 0 radical (unpaired) electrons. The summed E-state index contributed by atoms with van der Waals surface area (Å²) in [5.41, 5.74) is 10.9. The Morgan fingerprint density at radius 2 is 2.27 bits per heavy atom. The van der Waals surface area contributed by atoms with E-state index >= 15 is 0 Å². The van der Waals surface area contributed by atoms with Gasteiger partial charge in [-0.05, 0) is 55.5 Å². The molecule has 0 fully saturated rings. The smallest absolute Gasteiger partial charge is 0.131 e. The van der Waals surface area contributed by atoms with Crippen molar-refractivity contribution in [2.45, 2.75) is 52.5 Å². The monoisotopic (exact) mass is 453 g/mol. The van der Waals surface area contributed by atoms with Gasteiger partial charge in [-0.1, -0.05) is 35.6 Å². The first kappa shape index (κ1) is 21.2. The maximum absolute atomic E-state index is 5.96. The van der Waals surface area contributed by atoms with Crippen LogP contribution >= 0.6 is 38.9 Å². The highest BCUT2D eigenvalue weighted by atomic mass is 79.9. The number of nitrogens with zero attached hydrogens (tertiary/aromatic N) is 1. The molecule has 0 amide bonds. The van der Waals surface area contributed by atoms with Gasteiger partial charge >= 0.3 is 0 Å². The number of aromatic nitrogens is 1. The fourth-order valence-corrected chi connectivity index (χ4v) is 4.75. The first-order valence-corrected chi connectivity index (χ1v) is 10.8. The molecule has 2 aromatic heterocycles. The van der Waals surface area contributed by atoms with Crippen molar-refractivity contribution in [2.24, 2.45) is 5.73 Å². The van der Waals surface area contributed by atoms with Crippen molar-refractivity contribution >= 4 is 54.8 Å². The van der Waals surface area contributed by atoms with Gasteiger partial charge in [0.05, 0.1) is 26.9 Å². The molecule has 0 aliphatic heterocycles. The van der Waals surface area contributed by atoms with Crippen molar-refractivity contribution in [3.63, 3.8) is 0 Å². The van der Waals surface area contributed by atoms with Crippen LogP contribution in [0.4, 0.5) is 5.69 Å². The Morgan fingerprint density at radius 3 is 2.92 bits per heavy atom. The SMILES string of the molecule is CC#CCNc1cc(Cl)nc2c(Br)csc12.CCC1=C(C)C[C@H](N)CC1. The maximum Gasteiger partial charge on any atom is 0.131 e. The van der Waals surface area contributed by atoms with Gasteiger partial charge in [0.1, 0.15) is 5.15 Å². The molecule has 3 N–H and O–H groups in total. The van der Waals surface area contributed by atoms with Crippen LogP contribution in [-0.4, -0.2) is 17.6 Å². The average Bonchev–Trinajstić information content (AvgIpc) is 2.97. The van der Waals surface area contributed by atoms with Crippen LogP contribution in [0.5, 0.6) is 0 Å². The lowest BCUT2D eigenvalue weighted by atomic mass is 9.88. The minimum Gasteiger partial charge on any atom is -0.373 e. The molecule has 6 heteroatoms. The summed E-state index contributed by atoms with van der Waals surface area (Å²) in [4.78, 5) is 4.28. The largest absolute Gasteiger partial charge is 0.373 e. The second-order valence-electron chi connectivity index (χ2n) is 6.27. The molecule has 1 aliphatic carbocycles. The lowest BCUT2D eigenvalue weighted by Gasteiger charge is -2.21. The van der Waals surface area contributed by atoms with Crippen molar-refractivity contribution in [1.82, 2.24) is 4.98 Å². The Kier molecular flexibility index (Phi) is 8.43. The molecule has 1 atom stereocenters. The van der Waals surface area contributed by atoms with Crippen LogP contribution in [-0.2, 0) is 0 Å². The number of thiophene rings is 1. The second kappa shape index (κ2) is 10.3. The van der Waals surface area contributed by atoms with Crippen LogP contribution in [0.15, 0.2) is 27.1 Å². The Hall–Kier alpha value is -1.06. The maximum atomic E-state index is 5.96. The van der Waals surface area contributed by atoms with E-state index in [0.717, 1.165) is 26.8 Å². The number of fused-ring (bicyclic) bond motifs is 1. The normalized spacial score (nSPS) is 16.6. The second-order valence-corrected chi connectivity index (χ2v) is 8.40. The fraction of sp³-hybridized carbons (Fsp3) is 0.450. The third kappa shape index (κ3) is 5.72. The summed E-state index contributed by atoms with van der Waals surface area (Å²) in [6.45, 7) is 6.88. The van der Waals surface area contributed by atoms with Crippen molar-refractivity contribution in [3.8, 4) is 11.8 Å². The average molecular weight is 455 g/mol. The van der Waals surface area contributed by atoms with Crippen molar-refractivity contribution in [3.05, 3.63) is 32.2 Å². The summed E-state index contributed by atoms with van der Waals surface area (Å²) in [6.07, 6.45) is 4.78. The Bertz CT molecular complexity index is 848. The van der Waals surface area contributed by atoms with E-state index in [0.29, 0.717) is 17.7 Å². The summed E-state index contributed by atoms with van der Waals surface area (Å²) in [5, 5.41) is 5.72. The lowest BCUT2D eigenvalue weighted by molar-refractivity contribution is 0.560. The van der Waals surface area contributed by atoms with E-state index in [1.165, 1.54) is 19.3 Å². The zero-order valence-electron chi connectivity index (χ0n) is 15.5. The van der Waals surface area contributed by atoms with Gasteiger partial charge in [0.25, 0.3) is 0 Å². The molecule has 2 aromatic rings. The number of nitrogens with two attached hydrogens (primary N) is 1. The molecule has 0 spiro atoms. The van der Waals surface area contributed by atoms with Gasteiger partial charge < -0.3 is 11.1 Å². The van der Waals surface area contributed by atoms with Gasteiger partial charge in [-0.15, -0.1) is 17.3 Å². The van der Waals surface area contributed by atoms with Gasteiger partial charge in [0, 0.05) is 17.5 Å². The van der Waals surface area contributed by atoms with Crippen LogP contribution < -0.4 is 11.1 Å². The van der Waals surface area contributed by atoms with Crippen LogP contribution in [0.2, 0.25) is 5.15 Å². The quantitative estimate of drug-likeness (QED) is 0.322. The van der Waals surface area contributed by atoms with E-state index in [2.05, 4.69) is 51.9 Å². The predicted octanol–water partition coefficient (Wildman–Crippen LogP) is 6.37. The summed E-state index contributed by atoms with van der Waals surface area (Å²) in [7, 11) is 0. The number of allylic oxidation sites excluding steroid dienone is 1. The number of pyridine rings is 1. The molecular weight excluding hydrogens is 430 g/mol. The lowest BCUT2D eigenvalue weighted by Crippen LogP contribution is -2.23. The molecule has 0 unspecified atom stereocenters. The molecule has 1 aliphatic rings. The highest BCUT2D eigenvalue weighted by Gasteiger charge is 2.13. The molecule has 0 aromatic carbocycles. The Balaban J connectivity index is 0.000000209. The van der Waals surface area contributed by atoms with E-state index in [4.69, 9.17) is 17.3 Å². The Morgan fingerprint density at radius 1 is 1.50 bits per heavy atom. The number of rotatable bonds is 3. The molecule has 26 heavy (non-hydrogen) atoms. The minimum absolute atomic E-state index is 0.440. The number of nitrogens with one attached hydrogen (secondary N) is 1. The fourth-order valence-electron chi connectivity index (χ4n) is 3.00. The summed E-state index contributed by atoms with van der Waals surface area (Å²) in [5.74, 6) is 5.79. The van der Waals surface area contributed by atoms with Crippen molar-refractivity contribution < 1.29 is 0 Å². The van der Waals surface area contributed by atoms with Crippen LogP contribution in [0.1, 0.15) is 46.5 Å². The molecular formula is C20H25BrClN3S. The van der Waals surface area contributed by atoms with E-state index in [-0.39, 0.29) is 0 Å². The molecule has 140 valence electrons. The predicted molar refractivity (Wildman–Crippen MR) is 119 cm³/mol.